The number of H-pyrrole nitrogens is 1. The molecular weight excluding hydrogens is 274 g/mol. The molecule has 1 amide bonds. The van der Waals surface area contributed by atoms with Crippen LogP contribution < -0.4 is 21.3 Å². The SMILES string of the molecule is CCOc1ccc(NC(=O)c2c[nH]c(=O)n(C)c2=O)cc1. The van der Waals surface area contributed by atoms with E-state index in [2.05, 4.69) is 10.3 Å². The molecule has 2 rings (SSSR count). The van der Waals surface area contributed by atoms with Crippen LogP contribution in [0.5, 0.6) is 5.75 Å². The predicted molar refractivity (Wildman–Crippen MR) is 77.9 cm³/mol. The van der Waals surface area contributed by atoms with E-state index in [1.54, 1.807) is 24.3 Å². The summed E-state index contributed by atoms with van der Waals surface area (Å²) in [7, 11) is 1.30. The van der Waals surface area contributed by atoms with Crippen molar-refractivity contribution in [1.82, 2.24) is 9.55 Å². The standard InChI is InChI=1S/C14H15N3O4/c1-3-21-10-6-4-9(5-7-10)16-12(18)11-8-15-14(20)17(2)13(11)19/h4-8H,3H2,1-2H3,(H,15,20)(H,16,18). The number of nitrogens with one attached hydrogen (secondary N) is 2. The van der Waals surface area contributed by atoms with E-state index in [1.165, 1.54) is 7.05 Å². The van der Waals surface area contributed by atoms with Gasteiger partial charge in [-0.2, -0.15) is 0 Å². The van der Waals surface area contributed by atoms with E-state index in [0.717, 1.165) is 10.8 Å². The molecule has 21 heavy (non-hydrogen) atoms. The number of benzene rings is 1. The molecule has 0 aliphatic rings. The summed E-state index contributed by atoms with van der Waals surface area (Å²) in [5.74, 6) is 0.103. The first-order valence-electron chi connectivity index (χ1n) is 6.36. The van der Waals surface area contributed by atoms with Crippen LogP contribution in [0.1, 0.15) is 17.3 Å². The lowest BCUT2D eigenvalue weighted by molar-refractivity contribution is 0.102. The van der Waals surface area contributed by atoms with Gasteiger partial charge >= 0.3 is 5.69 Å². The molecule has 7 heteroatoms. The fourth-order valence-corrected chi connectivity index (χ4v) is 1.73. The smallest absolute Gasteiger partial charge is 0.328 e. The van der Waals surface area contributed by atoms with Crippen LogP contribution in [0, 0.1) is 0 Å². The van der Waals surface area contributed by atoms with E-state index in [0.29, 0.717) is 18.0 Å². The predicted octanol–water partition coefficient (Wildman–Crippen LogP) is 0.725. The van der Waals surface area contributed by atoms with Crippen molar-refractivity contribution in [2.24, 2.45) is 7.05 Å². The van der Waals surface area contributed by atoms with Crippen molar-refractivity contribution >= 4 is 11.6 Å². The van der Waals surface area contributed by atoms with Crippen LogP contribution in [0.15, 0.2) is 40.1 Å². The highest BCUT2D eigenvalue weighted by molar-refractivity contribution is 6.03. The van der Waals surface area contributed by atoms with Crippen molar-refractivity contribution in [3.8, 4) is 5.75 Å². The molecule has 7 nitrogen and oxygen atoms in total. The number of anilines is 1. The van der Waals surface area contributed by atoms with Crippen LogP contribution in [0.4, 0.5) is 5.69 Å². The van der Waals surface area contributed by atoms with Gasteiger partial charge in [-0.05, 0) is 31.2 Å². The average molecular weight is 289 g/mol. The van der Waals surface area contributed by atoms with E-state index < -0.39 is 17.2 Å². The molecule has 0 unspecified atom stereocenters. The molecule has 1 aromatic heterocycles. The highest BCUT2D eigenvalue weighted by Gasteiger charge is 2.13. The Balaban J connectivity index is 2.20. The molecule has 2 N–H and O–H groups in total. The number of rotatable bonds is 4. The first-order valence-corrected chi connectivity index (χ1v) is 6.36. The maximum atomic E-state index is 12.0. The Morgan fingerprint density at radius 1 is 1.29 bits per heavy atom. The van der Waals surface area contributed by atoms with Crippen molar-refractivity contribution in [2.45, 2.75) is 6.92 Å². The van der Waals surface area contributed by atoms with Crippen molar-refractivity contribution in [3.63, 3.8) is 0 Å². The number of aromatic nitrogens is 2. The first-order chi connectivity index (χ1) is 10.0. The third-order valence-electron chi connectivity index (χ3n) is 2.85. The molecule has 0 fully saturated rings. The summed E-state index contributed by atoms with van der Waals surface area (Å²) >= 11 is 0. The van der Waals surface area contributed by atoms with Gasteiger partial charge in [-0.3, -0.25) is 14.2 Å². The lowest BCUT2D eigenvalue weighted by Crippen LogP contribution is -2.37. The van der Waals surface area contributed by atoms with E-state index in [4.69, 9.17) is 4.74 Å². The zero-order valence-corrected chi connectivity index (χ0v) is 11.7. The highest BCUT2D eigenvalue weighted by atomic mass is 16.5. The summed E-state index contributed by atoms with van der Waals surface area (Å²) in [6.45, 7) is 2.43. The molecule has 0 atom stereocenters. The normalized spacial score (nSPS) is 10.2. The lowest BCUT2D eigenvalue weighted by atomic mass is 10.2. The number of carbonyl (C=O) groups excluding carboxylic acids is 1. The first kappa shape index (κ1) is 14.6. The minimum Gasteiger partial charge on any atom is -0.494 e. The van der Waals surface area contributed by atoms with Crippen LogP contribution >= 0.6 is 0 Å². The van der Waals surface area contributed by atoms with Gasteiger partial charge in [-0.1, -0.05) is 0 Å². The quantitative estimate of drug-likeness (QED) is 0.867. The maximum absolute atomic E-state index is 12.0. The van der Waals surface area contributed by atoms with Gasteiger partial charge in [0.25, 0.3) is 11.5 Å². The van der Waals surface area contributed by atoms with Crippen LogP contribution in [0.25, 0.3) is 0 Å². The zero-order chi connectivity index (χ0) is 15.4. The van der Waals surface area contributed by atoms with Crippen molar-refractivity contribution < 1.29 is 9.53 Å². The van der Waals surface area contributed by atoms with Gasteiger partial charge in [0.2, 0.25) is 0 Å². The number of hydrogen-bond donors (Lipinski definition) is 2. The van der Waals surface area contributed by atoms with Crippen molar-refractivity contribution in [2.75, 3.05) is 11.9 Å². The molecule has 110 valence electrons. The Hall–Kier alpha value is -2.83. The minimum absolute atomic E-state index is 0.133. The van der Waals surface area contributed by atoms with Crippen LogP contribution in [0.3, 0.4) is 0 Å². The molecule has 0 saturated heterocycles. The van der Waals surface area contributed by atoms with Crippen LogP contribution in [0.2, 0.25) is 0 Å². The average Bonchev–Trinajstić information content (AvgIpc) is 2.47. The van der Waals surface area contributed by atoms with Gasteiger partial charge < -0.3 is 15.0 Å². The monoisotopic (exact) mass is 289 g/mol. The Labute approximate surface area is 120 Å². The second-order valence-corrected chi connectivity index (χ2v) is 4.28. The van der Waals surface area contributed by atoms with E-state index in [9.17, 15) is 14.4 Å². The molecule has 0 aliphatic heterocycles. The fourth-order valence-electron chi connectivity index (χ4n) is 1.73. The van der Waals surface area contributed by atoms with Gasteiger partial charge in [0.15, 0.2) is 0 Å². The number of amides is 1. The fraction of sp³-hybridized carbons (Fsp3) is 0.214. The van der Waals surface area contributed by atoms with Crippen LogP contribution in [-0.2, 0) is 7.05 Å². The van der Waals surface area contributed by atoms with E-state index in [-0.39, 0.29) is 5.56 Å². The summed E-state index contributed by atoms with van der Waals surface area (Å²) in [6.07, 6.45) is 1.11. The summed E-state index contributed by atoms with van der Waals surface area (Å²) in [5, 5.41) is 2.59. The number of aromatic amines is 1. The van der Waals surface area contributed by atoms with Crippen molar-refractivity contribution in [1.29, 1.82) is 0 Å². The lowest BCUT2D eigenvalue weighted by Gasteiger charge is -2.07. The molecule has 1 heterocycles. The van der Waals surface area contributed by atoms with Crippen LogP contribution in [-0.4, -0.2) is 22.1 Å². The Bertz CT molecular complexity index is 759. The second-order valence-electron chi connectivity index (χ2n) is 4.28. The number of carbonyl (C=O) groups is 1. The number of nitrogens with zero attached hydrogens (tertiary/aromatic N) is 1. The molecule has 0 saturated carbocycles. The minimum atomic E-state index is -0.651. The third-order valence-corrected chi connectivity index (χ3v) is 2.85. The van der Waals surface area contributed by atoms with Gasteiger partial charge in [0.1, 0.15) is 11.3 Å². The molecule has 1 aromatic carbocycles. The Morgan fingerprint density at radius 2 is 1.95 bits per heavy atom. The van der Waals surface area contributed by atoms with E-state index >= 15 is 0 Å². The van der Waals surface area contributed by atoms with E-state index in [1.807, 2.05) is 6.92 Å². The second kappa shape index (κ2) is 6.08. The van der Waals surface area contributed by atoms with Gasteiger partial charge in [-0.25, -0.2) is 4.79 Å². The molecule has 0 spiro atoms. The molecule has 0 bridgehead atoms. The summed E-state index contributed by atoms with van der Waals surface area (Å²) in [4.78, 5) is 37.4. The third kappa shape index (κ3) is 3.19. The van der Waals surface area contributed by atoms with Gasteiger partial charge in [0, 0.05) is 18.9 Å². The summed E-state index contributed by atoms with van der Waals surface area (Å²) in [5.41, 5.74) is -0.831. The Morgan fingerprint density at radius 3 is 2.57 bits per heavy atom. The molecule has 0 aliphatic carbocycles. The number of hydrogen-bond acceptors (Lipinski definition) is 4. The maximum Gasteiger partial charge on any atom is 0.328 e. The zero-order valence-electron chi connectivity index (χ0n) is 11.7. The summed E-state index contributed by atoms with van der Waals surface area (Å²) in [6, 6.07) is 6.76. The number of ether oxygens (including phenoxy) is 1. The molecular formula is C14H15N3O4. The van der Waals surface area contributed by atoms with Gasteiger partial charge in [0.05, 0.1) is 6.61 Å². The summed E-state index contributed by atoms with van der Waals surface area (Å²) < 4.78 is 6.13. The largest absolute Gasteiger partial charge is 0.494 e. The topological polar surface area (TPSA) is 93.2 Å². The van der Waals surface area contributed by atoms with Gasteiger partial charge in [-0.15, -0.1) is 0 Å². The highest BCUT2D eigenvalue weighted by Crippen LogP contribution is 2.15. The Kier molecular flexibility index (Phi) is 4.22. The molecule has 2 aromatic rings. The van der Waals surface area contributed by atoms with Crippen molar-refractivity contribution in [3.05, 3.63) is 56.9 Å². The molecule has 0 radical (unpaired) electrons.